The third-order valence-corrected chi connectivity index (χ3v) is 3.44. The van der Waals surface area contributed by atoms with E-state index in [1.165, 1.54) is 16.9 Å². The lowest BCUT2D eigenvalue weighted by atomic mass is 10.2. The van der Waals surface area contributed by atoms with Crippen LogP contribution in [0.4, 0.5) is 13.2 Å². The summed E-state index contributed by atoms with van der Waals surface area (Å²) in [4.78, 5) is 8.07. The molecule has 1 aliphatic heterocycles. The first kappa shape index (κ1) is 13.1. The minimum atomic E-state index is -4.55. The number of fused-ring (bicyclic) bond motifs is 3. The summed E-state index contributed by atoms with van der Waals surface area (Å²) in [7, 11) is 0. The minimum absolute atomic E-state index is 0.169. The lowest BCUT2D eigenvalue weighted by molar-refractivity contribution is -0.140. The molecular weight excluding hydrogens is 297 g/mol. The van der Waals surface area contributed by atoms with E-state index in [-0.39, 0.29) is 12.1 Å². The number of aromatic nitrogens is 4. The molecule has 3 aromatic heterocycles. The van der Waals surface area contributed by atoms with Crippen molar-refractivity contribution in [2.24, 2.45) is 0 Å². The molecule has 5 nitrogen and oxygen atoms in total. The number of alkyl halides is 3. The molecule has 0 unspecified atom stereocenters. The number of hydrogen-bond acceptors (Lipinski definition) is 4. The van der Waals surface area contributed by atoms with Gasteiger partial charge in [0.05, 0.1) is 11.7 Å². The Morgan fingerprint density at radius 2 is 2.00 bits per heavy atom. The Bertz CT molecular complexity index is 872. The summed E-state index contributed by atoms with van der Waals surface area (Å²) in [5.41, 5.74) is -0.118. The fourth-order valence-corrected chi connectivity index (χ4v) is 2.47. The third-order valence-electron chi connectivity index (χ3n) is 3.44. The molecule has 0 radical (unpaired) electrons. The second-order valence-electron chi connectivity index (χ2n) is 4.94. The van der Waals surface area contributed by atoms with Crippen LogP contribution in [0.2, 0.25) is 0 Å². The van der Waals surface area contributed by atoms with E-state index in [1.54, 1.807) is 18.3 Å². The Morgan fingerprint density at radius 3 is 2.82 bits per heavy atom. The van der Waals surface area contributed by atoms with Gasteiger partial charge in [0.15, 0.2) is 5.69 Å². The monoisotopic (exact) mass is 306 g/mol. The number of halogens is 3. The average molecular weight is 306 g/mol. The number of pyridine rings is 2. The van der Waals surface area contributed by atoms with Gasteiger partial charge in [-0.05, 0) is 6.07 Å². The van der Waals surface area contributed by atoms with Crippen molar-refractivity contribution in [2.75, 3.05) is 0 Å². The first-order valence-corrected chi connectivity index (χ1v) is 6.57. The fourth-order valence-electron chi connectivity index (χ4n) is 2.47. The van der Waals surface area contributed by atoms with E-state index in [2.05, 4.69) is 15.1 Å². The smallest absolute Gasteiger partial charge is 0.437 e. The highest BCUT2D eigenvalue weighted by atomic mass is 19.4. The van der Waals surface area contributed by atoms with E-state index in [1.807, 2.05) is 0 Å². The van der Waals surface area contributed by atoms with Crippen molar-refractivity contribution in [3.63, 3.8) is 0 Å². The fraction of sp³-hybridized carbons (Fsp3) is 0.214. The molecule has 4 heterocycles. The zero-order valence-electron chi connectivity index (χ0n) is 11.1. The molecule has 0 aromatic carbocycles. The molecule has 0 spiro atoms. The number of rotatable bonds is 0. The van der Waals surface area contributed by atoms with Crippen molar-refractivity contribution in [1.82, 2.24) is 19.7 Å². The van der Waals surface area contributed by atoms with Crippen LogP contribution in [0.3, 0.4) is 0 Å². The number of nitrogens with zero attached hydrogens (tertiary/aromatic N) is 4. The molecule has 0 fully saturated rings. The largest absolute Gasteiger partial charge is 0.456 e. The van der Waals surface area contributed by atoms with Crippen molar-refractivity contribution in [2.45, 2.75) is 19.1 Å². The van der Waals surface area contributed by atoms with Crippen LogP contribution >= 0.6 is 0 Å². The summed E-state index contributed by atoms with van der Waals surface area (Å²) in [5.74, 6) is 0.941. The molecule has 22 heavy (non-hydrogen) atoms. The van der Waals surface area contributed by atoms with Gasteiger partial charge in [-0.15, -0.1) is 0 Å². The predicted octanol–water partition coefficient (Wildman–Crippen LogP) is 3.19. The van der Waals surface area contributed by atoms with E-state index in [4.69, 9.17) is 4.74 Å². The molecule has 8 heteroatoms. The second kappa shape index (κ2) is 4.43. The van der Waals surface area contributed by atoms with Gasteiger partial charge in [0, 0.05) is 37.0 Å². The van der Waals surface area contributed by atoms with Crippen LogP contribution in [0.1, 0.15) is 11.4 Å². The van der Waals surface area contributed by atoms with Crippen LogP contribution in [0, 0.1) is 0 Å². The van der Waals surface area contributed by atoms with Crippen molar-refractivity contribution < 1.29 is 17.9 Å². The molecule has 0 N–H and O–H groups in total. The van der Waals surface area contributed by atoms with E-state index < -0.39 is 11.9 Å². The zero-order valence-corrected chi connectivity index (χ0v) is 11.1. The molecule has 0 amide bonds. The molecule has 0 saturated heterocycles. The molecular formula is C14H9F3N4O. The standard InChI is InChI=1S/C14H9F3N4O/c15-14(16,17)13-12-11-6-10(7-19-12)22-9-1-3-18-8(5-9)2-4-21(11)20-13/h1,3,5-7H,2,4H2. The van der Waals surface area contributed by atoms with E-state index in [0.717, 1.165) is 5.69 Å². The van der Waals surface area contributed by atoms with Crippen molar-refractivity contribution in [3.05, 3.63) is 42.0 Å². The predicted molar refractivity (Wildman–Crippen MR) is 70.5 cm³/mol. The Balaban J connectivity index is 1.94. The summed E-state index contributed by atoms with van der Waals surface area (Å²) in [6, 6.07) is 4.97. The zero-order chi connectivity index (χ0) is 15.3. The van der Waals surface area contributed by atoms with Crippen molar-refractivity contribution in [3.8, 4) is 11.5 Å². The Hall–Kier alpha value is -2.64. The van der Waals surface area contributed by atoms with Crippen LogP contribution in [0.5, 0.6) is 11.5 Å². The first-order chi connectivity index (χ1) is 10.5. The second-order valence-corrected chi connectivity index (χ2v) is 4.94. The van der Waals surface area contributed by atoms with Crippen molar-refractivity contribution in [1.29, 1.82) is 0 Å². The first-order valence-electron chi connectivity index (χ1n) is 6.57. The minimum Gasteiger partial charge on any atom is -0.456 e. The van der Waals surface area contributed by atoms with Gasteiger partial charge in [0.1, 0.15) is 17.0 Å². The number of ether oxygens (including phenoxy) is 1. The molecule has 3 aromatic rings. The van der Waals surface area contributed by atoms with E-state index in [9.17, 15) is 13.2 Å². The van der Waals surface area contributed by atoms with Gasteiger partial charge in [-0.2, -0.15) is 18.3 Å². The van der Waals surface area contributed by atoms with E-state index in [0.29, 0.717) is 23.4 Å². The molecule has 0 saturated carbocycles. The lowest BCUT2D eigenvalue weighted by Gasteiger charge is -2.10. The quantitative estimate of drug-likeness (QED) is 0.640. The highest BCUT2D eigenvalue weighted by Crippen LogP contribution is 2.35. The molecule has 112 valence electrons. The van der Waals surface area contributed by atoms with Crippen LogP contribution < -0.4 is 4.74 Å². The molecule has 0 aliphatic carbocycles. The van der Waals surface area contributed by atoms with Gasteiger partial charge in [-0.1, -0.05) is 0 Å². The van der Waals surface area contributed by atoms with Gasteiger partial charge in [-0.25, -0.2) is 4.98 Å². The van der Waals surface area contributed by atoms with Crippen molar-refractivity contribution >= 4 is 11.0 Å². The molecule has 4 bridgehead atoms. The summed E-state index contributed by atoms with van der Waals surface area (Å²) in [6.07, 6.45) is -1.22. The summed E-state index contributed by atoms with van der Waals surface area (Å²) in [6.45, 7) is 0.286. The highest BCUT2D eigenvalue weighted by Gasteiger charge is 2.37. The van der Waals surface area contributed by atoms with Gasteiger partial charge < -0.3 is 4.74 Å². The van der Waals surface area contributed by atoms with Gasteiger partial charge in [-0.3, -0.25) is 9.67 Å². The SMILES string of the molecule is FC(F)(F)c1nn2c3cc(cnc13)Oc1ccnc(c1)CC2. The van der Waals surface area contributed by atoms with Crippen LogP contribution in [0.25, 0.3) is 11.0 Å². The topological polar surface area (TPSA) is 52.8 Å². The summed E-state index contributed by atoms with van der Waals surface area (Å²) in [5, 5.41) is 3.68. The third kappa shape index (κ3) is 2.07. The Kier molecular flexibility index (Phi) is 2.63. The maximum Gasteiger partial charge on any atom is 0.437 e. The average Bonchev–Trinajstić information content (AvgIpc) is 2.83. The summed E-state index contributed by atoms with van der Waals surface area (Å²) < 4.78 is 46.1. The maximum absolute atomic E-state index is 13.1. The summed E-state index contributed by atoms with van der Waals surface area (Å²) >= 11 is 0. The van der Waals surface area contributed by atoms with Gasteiger partial charge >= 0.3 is 6.18 Å². The normalized spacial score (nSPS) is 14.1. The van der Waals surface area contributed by atoms with Gasteiger partial charge in [0.2, 0.25) is 0 Å². The Morgan fingerprint density at radius 1 is 1.14 bits per heavy atom. The van der Waals surface area contributed by atoms with Crippen LogP contribution in [-0.2, 0) is 19.1 Å². The molecule has 1 aliphatic rings. The highest BCUT2D eigenvalue weighted by molar-refractivity contribution is 5.79. The van der Waals surface area contributed by atoms with Crippen LogP contribution in [-0.4, -0.2) is 19.7 Å². The Labute approximate surface area is 122 Å². The maximum atomic E-state index is 13.1. The van der Waals surface area contributed by atoms with E-state index >= 15 is 0 Å². The molecule has 4 rings (SSSR count). The lowest BCUT2D eigenvalue weighted by Crippen LogP contribution is -2.09. The van der Waals surface area contributed by atoms with Crippen LogP contribution in [0.15, 0.2) is 30.6 Å². The van der Waals surface area contributed by atoms with Gasteiger partial charge in [0.25, 0.3) is 0 Å². The number of aryl methyl sites for hydroxylation is 2. The molecule has 0 atom stereocenters. The number of hydrogen-bond donors (Lipinski definition) is 0.